The van der Waals surface area contributed by atoms with Gasteiger partial charge in [-0.15, -0.1) is 0 Å². The van der Waals surface area contributed by atoms with Gasteiger partial charge < -0.3 is 9.64 Å². The molecule has 4 aliphatic carbocycles. The van der Waals surface area contributed by atoms with Gasteiger partial charge in [-0.25, -0.2) is 4.79 Å². The molecule has 3 saturated carbocycles. The number of fused-ring (bicyclic) bond motifs is 5. The molecule has 162 valence electrons. The van der Waals surface area contributed by atoms with E-state index < -0.39 is 6.04 Å². The van der Waals surface area contributed by atoms with Crippen molar-refractivity contribution in [1.29, 1.82) is 0 Å². The van der Waals surface area contributed by atoms with E-state index in [1.165, 1.54) is 52.1 Å². The van der Waals surface area contributed by atoms with E-state index in [-0.39, 0.29) is 11.9 Å². The van der Waals surface area contributed by atoms with Gasteiger partial charge in [0.1, 0.15) is 6.04 Å². The fourth-order valence-corrected chi connectivity index (χ4v) is 8.05. The van der Waals surface area contributed by atoms with E-state index in [0.717, 1.165) is 36.3 Å². The lowest BCUT2D eigenvalue weighted by Gasteiger charge is -2.59. The van der Waals surface area contributed by atoms with E-state index in [2.05, 4.69) is 19.9 Å². The predicted molar refractivity (Wildman–Crippen MR) is 114 cm³/mol. The van der Waals surface area contributed by atoms with Gasteiger partial charge in [0.2, 0.25) is 5.91 Å². The van der Waals surface area contributed by atoms with E-state index in [1.807, 2.05) is 0 Å². The average molecular weight is 402 g/mol. The summed E-state index contributed by atoms with van der Waals surface area (Å²) in [4.78, 5) is 26.2. The SMILES string of the molecule is COC(=O)C(C)N(C(C)=O)C1=CC[C@@]2(C)[C@@H](CC[C@H]3[C@@H]4CCC[C@@]4(C)CC[C@@H]32)C1. The van der Waals surface area contributed by atoms with Gasteiger partial charge in [0.05, 0.1) is 7.11 Å². The molecular weight excluding hydrogens is 362 g/mol. The van der Waals surface area contributed by atoms with Crippen LogP contribution >= 0.6 is 0 Å². The molecule has 0 N–H and O–H groups in total. The van der Waals surface area contributed by atoms with Crippen LogP contribution in [0.5, 0.6) is 0 Å². The molecule has 0 bridgehead atoms. The van der Waals surface area contributed by atoms with E-state index in [1.54, 1.807) is 18.7 Å². The Morgan fingerprint density at radius 2 is 1.90 bits per heavy atom. The minimum absolute atomic E-state index is 0.0640. The average Bonchev–Trinajstić information content (AvgIpc) is 3.09. The van der Waals surface area contributed by atoms with Crippen molar-refractivity contribution in [3.05, 3.63) is 11.8 Å². The highest BCUT2D eigenvalue weighted by molar-refractivity contribution is 5.84. The van der Waals surface area contributed by atoms with E-state index in [0.29, 0.717) is 16.7 Å². The van der Waals surface area contributed by atoms with Gasteiger partial charge in [-0.3, -0.25) is 4.79 Å². The molecule has 7 atom stereocenters. The summed E-state index contributed by atoms with van der Waals surface area (Å²) in [6.07, 6.45) is 13.9. The minimum Gasteiger partial charge on any atom is -0.467 e. The van der Waals surface area contributed by atoms with Crippen LogP contribution in [0.3, 0.4) is 0 Å². The van der Waals surface area contributed by atoms with Gasteiger partial charge in [-0.2, -0.15) is 0 Å². The third-order valence-corrected chi connectivity index (χ3v) is 9.66. The number of esters is 1. The molecule has 29 heavy (non-hydrogen) atoms. The van der Waals surface area contributed by atoms with Crippen molar-refractivity contribution in [2.75, 3.05) is 7.11 Å². The number of hydrogen-bond acceptors (Lipinski definition) is 3. The number of carbonyl (C=O) groups is 2. The molecule has 0 aromatic carbocycles. The number of ether oxygens (including phenoxy) is 1. The first kappa shape index (κ1) is 20.9. The van der Waals surface area contributed by atoms with Crippen LogP contribution in [0, 0.1) is 34.5 Å². The van der Waals surface area contributed by atoms with Crippen LogP contribution in [0.25, 0.3) is 0 Å². The Bertz CT molecular complexity index is 715. The smallest absolute Gasteiger partial charge is 0.328 e. The number of nitrogens with zero attached hydrogens (tertiary/aromatic N) is 1. The minimum atomic E-state index is -0.557. The zero-order valence-corrected chi connectivity index (χ0v) is 19.0. The van der Waals surface area contributed by atoms with Crippen molar-refractivity contribution in [2.24, 2.45) is 34.5 Å². The summed E-state index contributed by atoms with van der Waals surface area (Å²) in [6, 6.07) is -0.557. The number of methoxy groups -OCH3 is 1. The first-order chi connectivity index (χ1) is 13.7. The fraction of sp³-hybridized carbons (Fsp3) is 0.840. The fourth-order valence-electron chi connectivity index (χ4n) is 8.05. The Morgan fingerprint density at radius 1 is 1.14 bits per heavy atom. The molecule has 4 aliphatic rings. The maximum Gasteiger partial charge on any atom is 0.328 e. The summed E-state index contributed by atoms with van der Waals surface area (Å²) >= 11 is 0. The zero-order valence-electron chi connectivity index (χ0n) is 19.0. The lowest BCUT2D eigenvalue weighted by molar-refractivity contribution is -0.150. The van der Waals surface area contributed by atoms with Crippen LogP contribution in [0.2, 0.25) is 0 Å². The summed E-state index contributed by atoms with van der Waals surface area (Å²) in [5.74, 6) is 2.85. The Labute approximate surface area is 176 Å². The Balaban J connectivity index is 1.58. The number of rotatable bonds is 3. The quantitative estimate of drug-likeness (QED) is 0.601. The maximum absolute atomic E-state index is 12.4. The van der Waals surface area contributed by atoms with Crippen molar-refractivity contribution in [3.63, 3.8) is 0 Å². The van der Waals surface area contributed by atoms with Crippen molar-refractivity contribution in [3.8, 4) is 0 Å². The normalized spacial score (nSPS) is 42.0. The van der Waals surface area contributed by atoms with Crippen LogP contribution in [0.4, 0.5) is 0 Å². The number of hydrogen-bond donors (Lipinski definition) is 0. The third kappa shape index (κ3) is 3.25. The molecule has 4 heteroatoms. The van der Waals surface area contributed by atoms with E-state index in [4.69, 9.17) is 4.74 Å². The molecule has 0 aromatic rings. The van der Waals surface area contributed by atoms with Crippen molar-refractivity contribution >= 4 is 11.9 Å². The highest BCUT2D eigenvalue weighted by Gasteiger charge is 2.57. The van der Waals surface area contributed by atoms with Gasteiger partial charge in [0, 0.05) is 12.6 Å². The second-order valence-electron chi connectivity index (χ2n) is 10.9. The highest BCUT2D eigenvalue weighted by atomic mass is 16.5. The molecule has 0 spiro atoms. The van der Waals surface area contributed by atoms with E-state index >= 15 is 0 Å². The highest BCUT2D eigenvalue weighted by Crippen LogP contribution is 2.66. The first-order valence-electron chi connectivity index (χ1n) is 11.8. The van der Waals surface area contributed by atoms with Gasteiger partial charge in [-0.1, -0.05) is 26.3 Å². The molecule has 0 saturated heterocycles. The number of allylic oxidation sites excluding steroid dienone is 2. The predicted octanol–water partition coefficient (Wildman–Crippen LogP) is 5.32. The van der Waals surface area contributed by atoms with Crippen LogP contribution in [0.1, 0.15) is 85.5 Å². The second-order valence-corrected chi connectivity index (χ2v) is 10.9. The largest absolute Gasteiger partial charge is 0.467 e. The molecule has 1 amide bonds. The standard InChI is InChI=1S/C25H39NO3/c1-16(23(28)29-5)26(17(2)27)19-10-14-25(4)18(15-19)8-9-20-21-7-6-12-24(21,3)13-11-22(20)25/h10,16,18,20-22H,6-9,11-15H2,1-5H3/t16?,18-,20-,21-,22-,24-,25-/m0/s1. The zero-order chi connectivity index (χ0) is 21.0. The Morgan fingerprint density at radius 3 is 2.59 bits per heavy atom. The second kappa shape index (κ2) is 7.42. The summed E-state index contributed by atoms with van der Waals surface area (Å²) in [5, 5.41) is 0. The molecular formula is C25H39NO3. The summed E-state index contributed by atoms with van der Waals surface area (Å²) < 4.78 is 4.92. The van der Waals surface area contributed by atoms with Crippen LogP contribution in [-0.2, 0) is 14.3 Å². The van der Waals surface area contributed by atoms with Crippen LogP contribution in [-0.4, -0.2) is 29.9 Å². The Kier molecular flexibility index (Phi) is 5.36. The van der Waals surface area contributed by atoms with Crippen molar-refractivity contribution < 1.29 is 14.3 Å². The molecule has 4 nitrogen and oxygen atoms in total. The molecule has 0 radical (unpaired) electrons. The first-order valence-corrected chi connectivity index (χ1v) is 11.8. The summed E-state index contributed by atoms with van der Waals surface area (Å²) in [5.41, 5.74) is 1.98. The van der Waals surface area contributed by atoms with Crippen molar-refractivity contribution in [2.45, 2.75) is 91.5 Å². The molecule has 3 fully saturated rings. The maximum atomic E-state index is 12.4. The molecule has 0 heterocycles. The van der Waals surface area contributed by atoms with Gasteiger partial charge in [-0.05, 0) is 92.8 Å². The number of carbonyl (C=O) groups excluding carboxylic acids is 2. The summed E-state index contributed by atoms with van der Waals surface area (Å²) in [7, 11) is 1.39. The van der Waals surface area contributed by atoms with Gasteiger partial charge >= 0.3 is 5.97 Å². The molecule has 0 aromatic heterocycles. The lowest BCUT2D eigenvalue weighted by atomic mass is 9.46. The third-order valence-electron chi connectivity index (χ3n) is 9.66. The van der Waals surface area contributed by atoms with Crippen LogP contribution in [0.15, 0.2) is 11.8 Å². The van der Waals surface area contributed by atoms with Gasteiger partial charge in [0.25, 0.3) is 0 Å². The molecule has 4 rings (SSSR count). The van der Waals surface area contributed by atoms with Crippen LogP contribution < -0.4 is 0 Å². The molecule has 0 aliphatic heterocycles. The van der Waals surface area contributed by atoms with Gasteiger partial charge in [0.15, 0.2) is 0 Å². The summed E-state index contributed by atoms with van der Waals surface area (Å²) in [6.45, 7) is 8.43. The van der Waals surface area contributed by atoms with Crippen molar-refractivity contribution in [1.82, 2.24) is 4.90 Å². The molecule has 1 unspecified atom stereocenters. The lowest BCUT2D eigenvalue weighted by Crippen LogP contribution is -2.52. The topological polar surface area (TPSA) is 46.6 Å². The monoisotopic (exact) mass is 401 g/mol. The van der Waals surface area contributed by atoms with E-state index in [9.17, 15) is 9.59 Å². The Hall–Kier alpha value is -1.32. The number of amides is 1.